The Morgan fingerprint density at radius 1 is 0.183 bits per heavy atom. The Balaban J connectivity index is 0.000000204. The summed E-state index contributed by atoms with van der Waals surface area (Å²) >= 11 is 0. The summed E-state index contributed by atoms with van der Waals surface area (Å²) in [5.74, 6) is 0. The molecule has 0 amide bonds. The molecule has 314 valence electrons. The monoisotopic (exact) mass is 795 g/mol. The molecular formula is C60H74. The van der Waals surface area contributed by atoms with Crippen LogP contribution in [0.2, 0.25) is 0 Å². The zero-order valence-corrected chi connectivity index (χ0v) is 40.5. The van der Waals surface area contributed by atoms with Crippen LogP contribution in [-0.4, -0.2) is 0 Å². The standard InChI is InChI=1S/C16H18.C14H14.C12H18.C10H14.C8H10/c1-11-5-7-15(13(3)9-11)16-8-6-12(2)10-14(16)4;1-11-3-7-13(8-4-11)14-9-5-12(2)6-10-14;1-7-8(2)10(4)12(6)11(5)9(7)3;1-7-5-9(3)10(4)6-8(7)2;1-7-3-5-8(2)6-4-7/h5-10H,1-4H3;3-10H,1-2H3;1-6H3;5-6H,1-4H3;3-6H,1-2H3. The Labute approximate surface area is 366 Å². The molecule has 0 aliphatic rings. The molecule has 0 nitrogen and oxygen atoms in total. The highest BCUT2D eigenvalue weighted by Crippen LogP contribution is 2.28. The summed E-state index contributed by atoms with van der Waals surface area (Å²) in [7, 11) is 0. The second-order valence-electron chi connectivity index (χ2n) is 17.3. The highest BCUT2D eigenvalue weighted by molar-refractivity contribution is 5.71. The van der Waals surface area contributed by atoms with Crippen molar-refractivity contribution in [3.8, 4) is 22.3 Å². The maximum absolute atomic E-state index is 2.24. The molecule has 0 saturated heterocycles. The molecule has 0 heterocycles. The molecule has 0 N–H and O–H groups in total. The van der Waals surface area contributed by atoms with Crippen LogP contribution in [0, 0.1) is 125 Å². The van der Waals surface area contributed by atoms with Crippen molar-refractivity contribution in [1.29, 1.82) is 0 Å². The third kappa shape index (κ3) is 14.4. The fourth-order valence-electron chi connectivity index (χ4n) is 7.15. The van der Waals surface area contributed by atoms with Crippen LogP contribution in [0.3, 0.4) is 0 Å². The first-order valence-corrected chi connectivity index (χ1v) is 21.6. The summed E-state index contributed by atoms with van der Waals surface area (Å²) in [6.45, 7) is 38.9. The van der Waals surface area contributed by atoms with E-state index in [2.05, 4.69) is 246 Å². The highest BCUT2D eigenvalue weighted by Gasteiger charge is 2.08. The van der Waals surface area contributed by atoms with Crippen LogP contribution in [0.1, 0.15) is 100 Å². The fourth-order valence-corrected chi connectivity index (χ4v) is 7.15. The minimum absolute atomic E-state index is 1.29. The van der Waals surface area contributed by atoms with Gasteiger partial charge in [-0.05, 0) is 214 Å². The average molecular weight is 795 g/mol. The van der Waals surface area contributed by atoms with Crippen molar-refractivity contribution >= 4 is 0 Å². The Bertz CT molecular complexity index is 2180. The van der Waals surface area contributed by atoms with Gasteiger partial charge in [0.25, 0.3) is 0 Å². The van der Waals surface area contributed by atoms with Crippen LogP contribution in [0.15, 0.2) is 121 Å². The fraction of sp³-hybridized carbons (Fsp3) is 0.300. The van der Waals surface area contributed by atoms with Crippen LogP contribution in [-0.2, 0) is 0 Å². The third-order valence-corrected chi connectivity index (χ3v) is 12.2. The van der Waals surface area contributed by atoms with Crippen molar-refractivity contribution in [3.63, 3.8) is 0 Å². The SMILES string of the molecule is Cc1c(C)c(C)c(C)c(C)c1C.Cc1cc(C)c(C)cc1C.Cc1ccc(-c2ccc(C)cc2)cc1.Cc1ccc(-c2ccc(C)cc2C)c(C)c1.Cc1ccc(C)cc1. The maximum Gasteiger partial charge on any atom is -0.0152 e. The van der Waals surface area contributed by atoms with Gasteiger partial charge in [-0.1, -0.05) is 155 Å². The molecule has 0 fully saturated rings. The molecule has 0 heteroatoms. The van der Waals surface area contributed by atoms with Crippen molar-refractivity contribution in [3.05, 3.63) is 221 Å². The Kier molecular flexibility index (Phi) is 18.6. The van der Waals surface area contributed by atoms with Crippen LogP contribution in [0.4, 0.5) is 0 Å². The number of hydrogen-bond acceptors (Lipinski definition) is 0. The van der Waals surface area contributed by atoms with E-state index in [1.807, 2.05) is 0 Å². The molecule has 7 rings (SSSR count). The Hall–Kier alpha value is -5.46. The van der Waals surface area contributed by atoms with Gasteiger partial charge in [-0.25, -0.2) is 0 Å². The van der Waals surface area contributed by atoms with Gasteiger partial charge in [-0.3, -0.25) is 0 Å². The van der Waals surface area contributed by atoms with Crippen LogP contribution >= 0.6 is 0 Å². The molecule has 0 unspecified atom stereocenters. The number of hydrogen-bond donors (Lipinski definition) is 0. The Morgan fingerprint density at radius 3 is 0.600 bits per heavy atom. The summed E-state index contributed by atoms with van der Waals surface area (Å²) in [5.41, 5.74) is 30.2. The van der Waals surface area contributed by atoms with E-state index in [9.17, 15) is 0 Å². The quantitative estimate of drug-likeness (QED) is 0.164. The molecular weight excluding hydrogens is 721 g/mol. The molecule has 7 aromatic carbocycles. The predicted octanol–water partition coefficient (Wildman–Crippen LogP) is 17.3. The minimum atomic E-state index is 1.29. The first-order chi connectivity index (χ1) is 28.2. The molecule has 0 saturated carbocycles. The van der Waals surface area contributed by atoms with Gasteiger partial charge in [0.1, 0.15) is 0 Å². The molecule has 0 aromatic heterocycles. The third-order valence-electron chi connectivity index (χ3n) is 12.2. The van der Waals surface area contributed by atoms with Crippen LogP contribution in [0.5, 0.6) is 0 Å². The molecule has 0 radical (unpaired) electrons. The van der Waals surface area contributed by atoms with E-state index >= 15 is 0 Å². The number of benzene rings is 7. The van der Waals surface area contributed by atoms with E-state index in [4.69, 9.17) is 0 Å². The van der Waals surface area contributed by atoms with E-state index < -0.39 is 0 Å². The highest BCUT2D eigenvalue weighted by atomic mass is 14.1. The number of rotatable bonds is 2. The smallest absolute Gasteiger partial charge is 0.0152 e. The lowest BCUT2D eigenvalue weighted by Crippen LogP contribution is -1.98. The van der Waals surface area contributed by atoms with Gasteiger partial charge in [0.2, 0.25) is 0 Å². The Morgan fingerprint density at radius 2 is 0.383 bits per heavy atom. The summed E-state index contributed by atoms with van der Waals surface area (Å²) in [5, 5.41) is 0. The lowest BCUT2D eigenvalue weighted by Gasteiger charge is -2.15. The predicted molar refractivity (Wildman–Crippen MR) is 268 cm³/mol. The molecule has 0 spiro atoms. The average Bonchev–Trinajstić information content (AvgIpc) is 3.21. The molecule has 0 atom stereocenters. The van der Waals surface area contributed by atoms with Gasteiger partial charge in [0, 0.05) is 0 Å². The summed E-state index contributed by atoms with van der Waals surface area (Å²) in [6.07, 6.45) is 0. The van der Waals surface area contributed by atoms with E-state index in [0.29, 0.717) is 0 Å². The van der Waals surface area contributed by atoms with Gasteiger partial charge in [-0.2, -0.15) is 0 Å². The van der Waals surface area contributed by atoms with Gasteiger partial charge in [0.15, 0.2) is 0 Å². The van der Waals surface area contributed by atoms with Crippen molar-refractivity contribution in [2.75, 3.05) is 0 Å². The minimum Gasteiger partial charge on any atom is -0.0591 e. The number of aryl methyl sites for hydroxylation is 12. The van der Waals surface area contributed by atoms with Crippen molar-refractivity contribution in [1.82, 2.24) is 0 Å². The molecule has 0 aliphatic carbocycles. The van der Waals surface area contributed by atoms with E-state index in [0.717, 1.165) is 0 Å². The van der Waals surface area contributed by atoms with Gasteiger partial charge in [-0.15, -0.1) is 0 Å². The first-order valence-electron chi connectivity index (χ1n) is 21.6. The van der Waals surface area contributed by atoms with Crippen molar-refractivity contribution in [2.45, 2.75) is 125 Å². The lowest BCUT2D eigenvalue weighted by atomic mass is 9.90. The van der Waals surface area contributed by atoms with Crippen molar-refractivity contribution in [2.24, 2.45) is 0 Å². The van der Waals surface area contributed by atoms with Gasteiger partial charge < -0.3 is 0 Å². The van der Waals surface area contributed by atoms with Gasteiger partial charge in [0.05, 0.1) is 0 Å². The molecule has 60 heavy (non-hydrogen) atoms. The second-order valence-corrected chi connectivity index (χ2v) is 17.3. The first kappa shape index (κ1) is 48.9. The molecule has 0 bridgehead atoms. The summed E-state index contributed by atoms with van der Waals surface area (Å²) < 4.78 is 0. The summed E-state index contributed by atoms with van der Waals surface area (Å²) in [6, 6.07) is 43.5. The zero-order valence-electron chi connectivity index (χ0n) is 40.5. The maximum atomic E-state index is 2.24. The molecule has 7 aromatic rings. The van der Waals surface area contributed by atoms with E-state index in [-0.39, 0.29) is 0 Å². The van der Waals surface area contributed by atoms with E-state index in [1.165, 1.54) is 122 Å². The zero-order chi connectivity index (χ0) is 44.8. The van der Waals surface area contributed by atoms with Crippen LogP contribution < -0.4 is 0 Å². The topological polar surface area (TPSA) is 0 Å². The largest absolute Gasteiger partial charge is 0.0591 e. The molecule has 0 aliphatic heterocycles. The second kappa shape index (κ2) is 22.8. The summed E-state index contributed by atoms with van der Waals surface area (Å²) in [4.78, 5) is 0. The van der Waals surface area contributed by atoms with Crippen molar-refractivity contribution < 1.29 is 0 Å². The lowest BCUT2D eigenvalue weighted by molar-refractivity contribution is 1.13. The van der Waals surface area contributed by atoms with Gasteiger partial charge >= 0.3 is 0 Å². The van der Waals surface area contributed by atoms with Crippen LogP contribution in [0.25, 0.3) is 22.3 Å². The van der Waals surface area contributed by atoms with E-state index in [1.54, 1.807) is 0 Å². The normalized spacial score (nSPS) is 10.2.